The second kappa shape index (κ2) is 8.10. The Morgan fingerprint density at radius 1 is 1.50 bits per heavy atom. The van der Waals surface area contributed by atoms with Gasteiger partial charge in [0.25, 0.3) is 0 Å². The molecule has 0 aliphatic heterocycles. The molecule has 0 heterocycles. The second-order valence-corrected chi connectivity index (χ2v) is 5.57. The molecule has 1 aromatic carbocycles. The zero-order valence-electron chi connectivity index (χ0n) is 10.6. The smallest absolute Gasteiger partial charge is 0.146 e. The third-order valence-corrected chi connectivity index (χ3v) is 3.92. The lowest BCUT2D eigenvalue weighted by Crippen LogP contribution is -2.26. The third-order valence-electron chi connectivity index (χ3n) is 2.66. The van der Waals surface area contributed by atoms with Crippen LogP contribution in [0.15, 0.2) is 16.6 Å². The first-order valence-electron chi connectivity index (χ1n) is 5.88. The van der Waals surface area contributed by atoms with Crippen molar-refractivity contribution < 1.29 is 9.13 Å². The van der Waals surface area contributed by atoms with Crippen LogP contribution in [0, 0.1) is 11.7 Å². The third kappa shape index (κ3) is 4.84. The van der Waals surface area contributed by atoms with Gasteiger partial charge in [-0.3, -0.25) is 0 Å². The van der Waals surface area contributed by atoms with Gasteiger partial charge in [-0.15, -0.1) is 0 Å². The van der Waals surface area contributed by atoms with Crippen LogP contribution in [0.1, 0.15) is 12.5 Å². The summed E-state index contributed by atoms with van der Waals surface area (Å²) in [5, 5.41) is 3.42. The Morgan fingerprint density at radius 2 is 2.22 bits per heavy atom. The molecule has 0 radical (unpaired) electrons. The van der Waals surface area contributed by atoms with Crippen LogP contribution >= 0.6 is 27.5 Å². The summed E-state index contributed by atoms with van der Waals surface area (Å²) in [4.78, 5) is 0. The van der Waals surface area contributed by atoms with Gasteiger partial charge in [-0.1, -0.05) is 24.6 Å². The van der Waals surface area contributed by atoms with Gasteiger partial charge in [0.2, 0.25) is 0 Å². The van der Waals surface area contributed by atoms with Crippen molar-refractivity contribution in [2.24, 2.45) is 5.92 Å². The maximum Gasteiger partial charge on any atom is 0.146 e. The van der Waals surface area contributed by atoms with Gasteiger partial charge in [0.15, 0.2) is 0 Å². The minimum atomic E-state index is -0.324. The maximum absolute atomic E-state index is 13.9. The lowest BCUT2D eigenvalue weighted by molar-refractivity contribution is 0.198. The molecule has 0 aliphatic rings. The summed E-state index contributed by atoms with van der Waals surface area (Å²) in [6.45, 7) is 4.40. The molecule has 18 heavy (non-hydrogen) atoms. The van der Waals surface area contributed by atoms with Gasteiger partial charge in [-0.2, -0.15) is 0 Å². The minimum absolute atomic E-state index is 0.159. The molecule has 1 rings (SSSR count). The average Bonchev–Trinajstić information content (AvgIpc) is 2.35. The Hall–Kier alpha value is -0.160. The minimum Gasteiger partial charge on any atom is -0.383 e. The molecule has 5 heteroatoms. The van der Waals surface area contributed by atoms with E-state index in [1.807, 2.05) is 0 Å². The Bertz CT molecular complexity index is 389. The van der Waals surface area contributed by atoms with Gasteiger partial charge in [-0.25, -0.2) is 4.39 Å². The van der Waals surface area contributed by atoms with E-state index >= 15 is 0 Å². The molecule has 2 nitrogen and oxygen atoms in total. The molecule has 0 aromatic heterocycles. The first-order chi connectivity index (χ1) is 8.56. The summed E-state index contributed by atoms with van der Waals surface area (Å²) in [7, 11) is 1.67. The van der Waals surface area contributed by atoms with Crippen molar-refractivity contribution >= 4 is 27.5 Å². The normalized spacial score (nSPS) is 12.7. The standard InChI is InChI=1S/C13H18BrClFNO/c1-9(8-17-5-6-18-2)7-10-3-4-11(14)12(15)13(10)16/h3-4,9,17H,5-8H2,1-2H3. The molecule has 0 saturated carbocycles. The van der Waals surface area contributed by atoms with E-state index in [1.54, 1.807) is 19.2 Å². The van der Waals surface area contributed by atoms with Gasteiger partial charge in [0.1, 0.15) is 5.82 Å². The predicted molar refractivity (Wildman–Crippen MR) is 76.7 cm³/mol. The SMILES string of the molecule is COCCNCC(C)Cc1ccc(Br)c(Cl)c1F. The van der Waals surface area contributed by atoms with Crippen molar-refractivity contribution in [2.75, 3.05) is 26.8 Å². The van der Waals surface area contributed by atoms with E-state index in [0.29, 0.717) is 29.0 Å². The number of methoxy groups -OCH3 is 1. The number of rotatable bonds is 7. The van der Waals surface area contributed by atoms with Crippen molar-refractivity contribution in [1.82, 2.24) is 5.32 Å². The van der Waals surface area contributed by atoms with Crippen LogP contribution in [0.2, 0.25) is 5.02 Å². The second-order valence-electron chi connectivity index (χ2n) is 4.34. The van der Waals surface area contributed by atoms with E-state index in [0.717, 1.165) is 13.1 Å². The maximum atomic E-state index is 13.9. The van der Waals surface area contributed by atoms with Crippen molar-refractivity contribution in [3.05, 3.63) is 33.0 Å². The predicted octanol–water partition coefficient (Wildman–Crippen LogP) is 3.66. The summed E-state index contributed by atoms with van der Waals surface area (Å²) in [5.74, 6) is 0.0170. The lowest BCUT2D eigenvalue weighted by atomic mass is 10.0. The Balaban J connectivity index is 2.49. The number of hydrogen-bond acceptors (Lipinski definition) is 2. The first-order valence-corrected chi connectivity index (χ1v) is 7.05. The molecule has 1 unspecified atom stereocenters. The van der Waals surface area contributed by atoms with Crippen LogP contribution in [-0.4, -0.2) is 26.8 Å². The molecule has 1 N–H and O–H groups in total. The van der Waals surface area contributed by atoms with Crippen molar-refractivity contribution in [1.29, 1.82) is 0 Å². The highest BCUT2D eigenvalue weighted by Crippen LogP contribution is 2.28. The monoisotopic (exact) mass is 337 g/mol. The van der Waals surface area contributed by atoms with Gasteiger partial charge >= 0.3 is 0 Å². The van der Waals surface area contributed by atoms with E-state index < -0.39 is 0 Å². The van der Waals surface area contributed by atoms with E-state index in [1.165, 1.54) is 0 Å². The molecular weight excluding hydrogens is 321 g/mol. The largest absolute Gasteiger partial charge is 0.383 e. The highest BCUT2D eigenvalue weighted by molar-refractivity contribution is 9.10. The van der Waals surface area contributed by atoms with Crippen LogP contribution < -0.4 is 5.32 Å². The van der Waals surface area contributed by atoms with Gasteiger partial charge in [0, 0.05) is 18.1 Å². The van der Waals surface area contributed by atoms with Crippen LogP contribution in [0.5, 0.6) is 0 Å². The number of ether oxygens (including phenoxy) is 1. The molecule has 0 bridgehead atoms. The average molecular weight is 339 g/mol. The van der Waals surface area contributed by atoms with Gasteiger partial charge in [-0.05, 0) is 46.4 Å². The van der Waals surface area contributed by atoms with Crippen LogP contribution in [-0.2, 0) is 11.2 Å². The van der Waals surface area contributed by atoms with Gasteiger partial charge < -0.3 is 10.1 Å². The Morgan fingerprint density at radius 3 is 2.89 bits per heavy atom. The van der Waals surface area contributed by atoms with E-state index in [9.17, 15) is 4.39 Å². The summed E-state index contributed by atoms with van der Waals surface area (Å²) in [6.07, 6.45) is 0.665. The molecule has 0 fully saturated rings. The fraction of sp³-hybridized carbons (Fsp3) is 0.538. The van der Waals surface area contributed by atoms with Crippen LogP contribution in [0.25, 0.3) is 0 Å². The summed E-state index contributed by atoms with van der Waals surface area (Å²) >= 11 is 9.07. The molecule has 0 amide bonds. The molecule has 1 atom stereocenters. The Labute approximate surface area is 121 Å². The summed E-state index contributed by atoms with van der Waals surface area (Å²) in [5.41, 5.74) is 0.657. The fourth-order valence-electron chi connectivity index (χ4n) is 1.69. The molecule has 0 spiro atoms. The van der Waals surface area contributed by atoms with Crippen molar-refractivity contribution in [3.8, 4) is 0 Å². The molecule has 102 valence electrons. The zero-order valence-corrected chi connectivity index (χ0v) is 12.9. The van der Waals surface area contributed by atoms with E-state index in [2.05, 4.69) is 28.2 Å². The van der Waals surface area contributed by atoms with E-state index in [4.69, 9.17) is 16.3 Å². The summed E-state index contributed by atoms with van der Waals surface area (Å²) < 4.78 is 19.4. The molecule has 0 saturated heterocycles. The number of hydrogen-bond donors (Lipinski definition) is 1. The van der Waals surface area contributed by atoms with Gasteiger partial charge in [0.05, 0.1) is 11.6 Å². The summed E-state index contributed by atoms with van der Waals surface area (Å²) in [6, 6.07) is 3.56. The highest BCUT2D eigenvalue weighted by atomic mass is 79.9. The molecule has 0 aliphatic carbocycles. The lowest BCUT2D eigenvalue weighted by Gasteiger charge is -2.14. The number of nitrogens with one attached hydrogen (secondary N) is 1. The Kier molecular flexibility index (Phi) is 7.15. The zero-order chi connectivity index (χ0) is 13.5. The van der Waals surface area contributed by atoms with Crippen molar-refractivity contribution in [2.45, 2.75) is 13.3 Å². The van der Waals surface area contributed by atoms with Crippen molar-refractivity contribution in [3.63, 3.8) is 0 Å². The number of halogens is 3. The highest BCUT2D eigenvalue weighted by Gasteiger charge is 2.12. The number of benzene rings is 1. The van der Waals surface area contributed by atoms with Crippen LogP contribution in [0.4, 0.5) is 4.39 Å². The quantitative estimate of drug-likeness (QED) is 0.605. The van der Waals surface area contributed by atoms with E-state index in [-0.39, 0.29) is 10.8 Å². The van der Waals surface area contributed by atoms with Crippen LogP contribution in [0.3, 0.4) is 0 Å². The molecular formula is C13H18BrClFNO. The molecule has 1 aromatic rings. The first kappa shape index (κ1) is 15.9. The fourth-order valence-corrected chi connectivity index (χ4v) is 2.18. The topological polar surface area (TPSA) is 21.3 Å².